The third-order valence-corrected chi connectivity index (χ3v) is 13.0. The van der Waals surface area contributed by atoms with Crippen LogP contribution in [0, 0.1) is 0 Å². The van der Waals surface area contributed by atoms with Gasteiger partial charge in [0.2, 0.25) is 0 Å². The molecule has 0 saturated carbocycles. The molecular formula is C58H43N. The van der Waals surface area contributed by atoms with E-state index in [0.29, 0.717) is 0 Å². The third-order valence-electron chi connectivity index (χ3n) is 13.0. The maximum Gasteiger partial charge on any atom is 0.0713 e. The van der Waals surface area contributed by atoms with Crippen molar-refractivity contribution in [1.29, 1.82) is 0 Å². The Hall–Kier alpha value is -7.22. The summed E-state index contributed by atoms with van der Waals surface area (Å²) in [7, 11) is 0. The molecule has 0 bridgehead atoms. The lowest BCUT2D eigenvalue weighted by Gasteiger charge is -2.35. The van der Waals surface area contributed by atoms with Crippen LogP contribution in [0.25, 0.3) is 44.5 Å². The molecule has 0 saturated heterocycles. The second kappa shape index (κ2) is 13.7. The predicted octanol–water partition coefficient (Wildman–Crippen LogP) is 15.2. The van der Waals surface area contributed by atoms with E-state index in [1.54, 1.807) is 0 Å². The van der Waals surface area contributed by atoms with Gasteiger partial charge < -0.3 is 4.90 Å². The average Bonchev–Trinajstić information content (AvgIpc) is 3.73. The summed E-state index contributed by atoms with van der Waals surface area (Å²) in [5.74, 6) is 0. The van der Waals surface area contributed by atoms with Gasteiger partial charge in [-0.1, -0.05) is 208 Å². The van der Waals surface area contributed by atoms with Crippen LogP contribution in [0.2, 0.25) is 0 Å². The van der Waals surface area contributed by atoms with E-state index in [0.717, 1.165) is 17.1 Å². The van der Waals surface area contributed by atoms with Gasteiger partial charge in [-0.2, -0.15) is 0 Å². The molecule has 1 heteroatoms. The number of anilines is 3. The van der Waals surface area contributed by atoms with Crippen molar-refractivity contribution in [3.05, 3.63) is 258 Å². The molecule has 2 aliphatic carbocycles. The molecule has 0 unspecified atom stereocenters. The molecule has 59 heavy (non-hydrogen) atoms. The van der Waals surface area contributed by atoms with E-state index < -0.39 is 5.41 Å². The van der Waals surface area contributed by atoms with Crippen molar-refractivity contribution in [2.45, 2.75) is 24.7 Å². The Balaban J connectivity index is 1.11. The van der Waals surface area contributed by atoms with Gasteiger partial charge in [0.1, 0.15) is 0 Å². The predicted molar refractivity (Wildman–Crippen MR) is 247 cm³/mol. The summed E-state index contributed by atoms with van der Waals surface area (Å²) in [6.45, 7) is 4.73. The summed E-state index contributed by atoms with van der Waals surface area (Å²) in [5.41, 5.74) is 20.7. The summed E-state index contributed by atoms with van der Waals surface area (Å²) >= 11 is 0. The van der Waals surface area contributed by atoms with Gasteiger partial charge in [-0.05, 0) is 103 Å². The Kier molecular flexibility index (Phi) is 8.13. The van der Waals surface area contributed by atoms with Crippen molar-refractivity contribution in [3.8, 4) is 44.5 Å². The molecule has 0 N–H and O–H groups in total. The standard InChI is InChI=1S/C58H43N/c1-57(2)52-25-13-9-22-48(52)51-38-37-46(39-55(51)57)59(56-28-16-12-21-47(56)42-19-7-4-8-20-42)45-35-33-44(34-36-45)58(43-31-29-41(30-32-43)40-17-5-3-6-18-40)53-26-14-10-23-49(53)50-24-11-15-27-54(50)58/h3-39H,1-2H3. The molecule has 0 amide bonds. The molecular weight excluding hydrogens is 711 g/mol. The second-order valence-corrected chi connectivity index (χ2v) is 16.5. The van der Waals surface area contributed by atoms with Crippen LogP contribution in [0.1, 0.15) is 47.2 Å². The Bertz CT molecular complexity index is 2950. The Morgan fingerprint density at radius 3 is 1.34 bits per heavy atom. The number of para-hydroxylation sites is 1. The molecule has 0 spiro atoms. The van der Waals surface area contributed by atoms with E-state index in [9.17, 15) is 0 Å². The average molecular weight is 754 g/mol. The van der Waals surface area contributed by atoms with Gasteiger partial charge in [0, 0.05) is 22.4 Å². The van der Waals surface area contributed by atoms with Gasteiger partial charge in [0.05, 0.1) is 11.1 Å². The summed E-state index contributed by atoms with van der Waals surface area (Å²) in [4.78, 5) is 2.46. The molecule has 11 rings (SSSR count). The van der Waals surface area contributed by atoms with Crippen molar-refractivity contribution in [2.75, 3.05) is 4.90 Å². The van der Waals surface area contributed by atoms with E-state index in [1.807, 2.05) is 0 Å². The van der Waals surface area contributed by atoms with Crippen LogP contribution in [0.3, 0.4) is 0 Å². The van der Waals surface area contributed by atoms with Crippen LogP contribution in [0.4, 0.5) is 17.1 Å². The van der Waals surface area contributed by atoms with E-state index in [1.165, 1.54) is 77.9 Å². The molecule has 280 valence electrons. The van der Waals surface area contributed by atoms with E-state index in [4.69, 9.17) is 0 Å². The minimum atomic E-state index is -0.503. The number of rotatable bonds is 7. The molecule has 0 radical (unpaired) electrons. The summed E-state index contributed by atoms with van der Waals surface area (Å²) in [5, 5.41) is 0. The number of hydrogen-bond donors (Lipinski definition) is 0. The minimum absolute atomic E-state index is 0.123. The molecule has 0 aromatic heterocycles. The lowest BCUT2D eigenvalue weighted by Crippen LogP contribution is -2.28. The summed E-state index contributed by atoms with van der Waals surface area (Å²) in [6, 6.07) is 83.0. The lowest BCUT2D eigenvalue weighted by molar-refractivity contribution is 0.660. The SMILES string of the molecule is CC1(C)c2ccccc2-c2ccc(N(c3ccc(C4(c5ccc(-c6ccccc6)cc5)c5ccccc5-c5ccccc54)cc3)c3ccccc3-c3ccccc3)cc21. The van der Waals surface area contributed by atoms with Crippen LogP contribution in [0.15, 0.2) is 224 Å². The van der Waals surface area contributed by atoms with Gasteiger partial charge in [0.15, 0.2) is 0 Å². The molecule has 0 aliphatic heterocycles. The fourth-order valence-corrected chi connectivity index (χ4v) is 10.2. The first-order valence-corrected chi connectivity index (χ1v) is 20.7. The van der Waals surface area contributed by atoms with Crippen molar-refractivity contribution in [1.82, 2.24) is 0 Å². The highest BCUT2D eigenvalue weighted by molar-refractivity contribution is 5.91. The first-order chi connectivity index (χ1) is 29.0. The smallest absolute Gasteiger partial charge is 0.0713 e. The maximum atomic E-state index is 2.46. The van der Waals surface area contributed by atoms with Crippen LogP contribution in [-0.2, 0) is 10.8 Å². The molecule has 0 heterocycles. The van der Waals surface area contributed by atoms with Crippen molar-refractivity contribution < 1.29 is 0 Å². The number of hydrogen-bond acceptors (Lipinski definition) is 1. The Morgan fingerprint density at radius 1 is 0.305 bits per heavy atom. The van der Waals surface area contributed by atoms with Gasteiger partial charge in [0.25, 0.3) is 0 Å². The van der Waals surface area contributed by atoms with E-state index >= 15 is 0 Å². The number of nitrogens with zero attached hydrogens (tertiary/aromatic N) is 1. The maximum absolute atomic E-state index is 2.46. The highest BCUT2D eigenvalue weighted by Gasteiger charge is 2.46. The molecule has 0 fully saturated rings. The molecule has 2 aliphatic rings. The number of fused-ring (bicyclic) bond motifs is 6. The fraction of sp³-hybridized carbons (Fsp3) is 0.0690. The van der Waals surface area contributed by atoms with E-state index in [2.05, 4.69) is 243 Å². The zero-order valence-electron chi connectivity index (χ0n) is 33.3. The first kappa shape index (κ1) is 35.0. The van der Waals surface area contributed by atoms with Crippen molar-refractivity contribution in [2.24, 2.45) is 0 Å². The zero-order chi connectivity index (χ0) is 39.6. The molecule has 1 nitrogen and oxygen atoms in total. The van der Waals surface area contributed by atoms with Crippen LogP contribution < -0.4 is 4.90 Å². The minimum Gasteiger partial charge on any atom is -0.310 e. The van der Waals surface area contributed by atoms with Crippen LogP contribution in [-0.4, -0.2) is 0 Å². The quantitative estimate of drug-likeness (QED) is 0.157. The number of benzene rings is 9. The van der Waals surface area contributed by atoms with Crippen molar-refractivity contribution >= 4 is 17.1 Å². The first-order valence-electron chi connectivity index (χ1n) is 20.7. The second-order valence-electron chi connectivity index (χ2n) is 16.5. The molecule has 9 aromatic carbocycles. The normalized spacial score (nSPS) is 13.9. The van der Waals surface area contributed by atoms with Crippen LogP contribution >= 0.6 is 0 Å². The van der Waals surface area contributed by atoms with Crippen LogP contribution in [0.5, 0.6) is 0 Å². The van der Waals surface area contributed by atoms with Gasteiger partial charge >= 0.3 is 0 Å². The van der Waals surface area contributed by atoms with Gasteiger partial charge in [-0.25, -0.2) is 0 Å². The largest absolute Gasteiger partial charge is 0.310 e. The summed E-state index contributed by atoms with van der Waals surface area (Å²) in [6.07, 6.45) is 0. The zero-order valence-corrected chi connectivity index (χ0v) is 33.3. The monoisotopic (exact) mass is 753 g/mol. The molecule has 0 atom stereocenters. The highest BCUT2D eigenvalue weighted by atomic mass is 15.1. The van der Waals surface area contributed by atoms with Gasteiger partial charge in [-0.15, -0.1) is 0 Å². The van der Waals surface area contributed by atoms with Crippen molar-refractivity contribution in [3.63, 3.8) is 0 Å². The van der Waals surface area contributed by atoms with E-state index in [-0.39, 0.29) is 5.41 Å². The lowest BCUT2D eigenvalue weighted by atomic mass is 9.67. The fourth-order valence-electron chi connectivity index (χ4n) is 10.2. The summed E-state index contributed by atoms with van der Waals surface area (Å²) < 4.78 is 0. The topological polar surface area (TPSA) is 3.24 Å². The third kappa shape index (κ3) is 5.39. The Labute approximate surface area is 347 Å². The molecule has 9 aromatic rings. The Morgan fingerprint density at radius 2 is 0.729 bits per heavy atom. The van der Waals surface area contributed by atoms with Gasteiger partial charge in [-0.3, -0.25) is 0 Å². The highest BCUT2D eigenvalue weighted by Crippen LogP contribution is 2.57.